The SMILES string of the molecule is CNC(=O)COC(=O)NCCC1CCN(CCc2c(F)cccc2Cl)CC1. The first-order chi connectivity index (χ1) is 13.0. The van der Waals surface area contributed by atoms with Crippen LogP contribution in [-0.2, 0) is 16.0 Å². The molecule has 1 aromatic carbocycles. The molecule has 1 saturated heterocycles. The minimum absolute atomic E-state index is 0.244. The summed E-state index contributed by atoms with van der Waals surface area (Å²) in [6, 6.07) is 4.79. The van der Waals surface area contributed by atoms with Crippen LogP contribution < -0.4 is 10.6 Å². The maximum atomic E-state index is 13.8. The van der Waals surface area contributed by atoms with Crippen molar-refractivity contribution >= 4 is 23.6 Å². The fourth-order valence-electron chi connectivity index (χ4n) is 3.17. The third-order valence-corrected chi connectivity index (χ3v) is 5.24. The summed E-state index contributed by atoms with van der Waals surface area (Å²) < 4.78 is 18.6. The molecule has 150 valence electrons. The highest BCUT2D eigenvalue weighted by Crippen LogP contribution is 2.23. The molecule has 0 atom stereocenters. The lowest BCUT2D eigenvalue weighted by Crippen LogP contribution is -2.37. The molecule has 1 aliphatic rings. The first-order valence-corrected chi connectivity index (χ1v) is 9.64. The molecule has 0 aromatic heterocycles. The van der Waals surface area contributed by atoms with Crippen molar-refractivity contribution in [3.8, 4) is 0 Å². The van der Waals surface area contributed by atoms with Crippen LogP contribution in [0, 0.1) is 11.7 Å². The number of carbonyl (C=O) groups is 2. The second kappa shape index (κ2) is 11.1. The number of hydrogen-bond donors (Lipinski definition) is 2. The fraction of sp³-hybridized carbons (Fsp3) is 0.579. The number of rotatable bonds is 8. The number of likely N-dealkylation sites (N-methyl/N-ethyl adjacent to an activating group) is 1. The van der Waals surface area contributed by atoms with Gasteiger partial charge in [0.2, 0.25) is 0 Å². The molecule has 0 spiro atoms. The van der Waals surface area contributed by atoms with E-state index in [1.807, 2.05) is 0 Å². The van der Waals surface area contributed by atoms with Crippen molar-refractivity contribution in [2.24, 2.45) is 5.92 Å². The molecule has 6 nitrogen and oxygen atoms in total. The Morgan fingerprint density at radius 2 is 2.07 bits per heavy atom. The molecule has 0 aliphatic carbocycles. The van der Waals surface area contributed by atoms with Crippen LogP contribution in [0.2, 0.25) is 5.02 Å². The molecule has 0 unspecified atom stereocenters. The van der Waals surface area contributed by atoms with Crippen LogP contribution in [-0.4, -0.2) is 56.7 Å². The molecular weight excluding hydrogens is 373 g/mol. The van der Waals surface area contributed by atoms with Gasteiger partial charge in [-0.3, -0.25) is 4.79 Å². The number of halogens is 2. The van der Waals surface area contributed by atoms with E-state index in [4.69, 9.17) is 16.3 Å². The van der Waals surface area contributed by atoms with Crippen molar-refractivity contribution < 1.29 is 18.7 Å². The highest BCUT2D eigenvalue weighted by Gasteiger charge is 2.20. The fourth-order valence-corrected chi connectivity index (χ4v) is 3.43. The van der Waals surface area contributed by atoms with Crippen LogP contribution in [0.4, 0.5) is 9.18 Å². The highest BCUT2D eigenvalue weighted by molar-refractivity contribution is 6.31. The number of likely N-dealkylation sites (tertiary alicyclic amines) is 1. The summed E-state index contributed by atoms with van der Waals surface area (Å²) in [5.74, 6) is -0.0431. The zero-order valence-corrected chi connectivity index (χ0v) is 16.4. The minimum Gasteiger partial charge on any atom is -0.439 e. The lowest BCUT2D eigenvalue weighted by Gasteiger charge is -2.32. The van der Waals surface area contributed by atoms with Crippen molar-refractivity contribution in [2.75, 3.05) is 39.8 Å². The monoisotopic (exact) mass is 399 g/mol. The number of benzene rings is 1. The first-order valence-electron chi connectivity index (χ1n) is 9.26. The summed E-state index contributed by atoms with van der Waals surface area (Å²) in [5.41, 5.74) is 0.584. The summed E-state index contributed by atoms with van der Waals surface area (Å²) in [6.45, 7) is 2.96. The molecule has 2 amide bonds. The van der Waals surface area contributed by atoms with Crippen LogP contribution in [0.15, 0.2) is 18.2 Å². The topological polar surface area (TPSA) is 70.7 Å². The Balaban J connectivity index is 1.60. The number of nitrogens with one attached hydrogen (secondary N) is 2. The maximum Gasteiger partial charge on any atom is 0.407 e. The third kappa shape index (κ3) is 7.34. The van der Waals surface area contributed by atoms with Gasteiger partial charge in [-0.25, -0.2) is 9.18 Å². The van der Waals surface area contributed by atoms with E-state index in [1.54, 1.807) is 12.1 Å². The Morgan fingerprint density at radius 3 is 2.74 bits per heavy atom. The molecule has 2 rings (SSSR count). The predicted octanol–water partition coefficient (Wildman–Crippen LogP) is 2.60. The van der Waals surface area contributed by atoms with Gasteiger partial charge < -0.3 is 20.3 Å². The Labute approximate surface area is 164 Å². The van der Waals surface area contributed by atoms with Crippen LogP contribution in [0.3, 0.4) is 0 Å². The van der Waals surface area contributed by atoms with Crippen molar-refractivity contribution in [3.05, 3.63) is 34.6 Å². The molecular formula is C19H27ClFN3O3. The van der Waals surface area contributed by atoms with E-state index in [-0.39, 0.29) is 18.3 Å². The second-order valence-corrected chi connectivity index (χ2v) is 7.11. The lowest BCUT2D eigenvalue weighted by molar-refractivity contribution is -0.123. The third-order valence-electron chi connectivity index (χ3n) is 4.88. The van der Waals surface area contributed by atoms with E-state index >= 15 is 0 Å². The van der Waals surface area contributed by atoms with Crippen molar-refractivity contribution in [3.63, 3.8) is 0 Å². The zero-order chi connectivity index (χ0) is 19.6. The van der Waals surface area contributed by atoms with Gasteiger partial charge in [0.15, 0.2) is 6.61 Å². The molecule has 0 bridgehead atoms. The summed E-state index contributed by atoms with van der Waals surface area (Å²) >= 11 is 6.08. The van der Waals surface area contributed by atoms with Crippen molar-refractivity contribution in [2.45, 2.75) is 25.7 Å². The predicted molar refractivity (Wildman–Crippen MR) is 102 cm³/mol. The van der Waals surface area contributed by atoms with Gasteiger partial charge in [0.25, 0.3) is 5.91 Å². The average molecular weight is 400 g/mol. The number of ether oxygens (including phenoxy) is 1. The van der Waals surface area contributed by atoms with Gasteiger partial charge >= 0.3 is 6.09 Å². The molecule has 27 heavy (non-hydrogen) atoms. The average Bonchev–Trinajstić information content (AvgIpc) is 2.67. The summed E-state index contributed by atoms with van der Waals surface area (Å²) in [6.07, 6.45) is 2.99. The molecule has 1 aromatic rings. The van der Waals surface area contributed by atoms with Gasteiger partial charge in [-0.05, 0) is 56.8 Å². The molecule has 1 aliphatic heterocycles. The largest absolute Gasteiger partial charge is 0.439 e. The number of piperidine rings is 1. The Bertz CT molecular complexity index is 616. The quantitative estimate of drug-likeness (QED) is 0.705. The van der Waals surface area contributed by atoms with E-state index in [2.05, 4.69) is 15.5 Å². The standard InChI is InChI=1S/C19H27ClFN3O3/c1-22-18(25)13-27-19(26)23-9-5-14-6-10-24(11-7-14)12-8-15-16(20)3-2-4-17(15)21/h2-4,14H,5-13H2,1H3,(H,22,25)(H,23,26). The number of alkyl carbamates (subject to hydrolysis) is 1. The van der Waals surface area contributed by atoms with E-state index in [0.29, 0.717) is 29.5 Å². The van der Waals surface area contributed by atoms with Crippen LogP contribution in [0.25, 0.3) is 0 Å². The van der Waals surface area contributed by atoms with Gasteiger partial charge in [-0.2, -0.15) is 0 Å². The smallest absolute Gasteiger partial charge is 0.407 e. The van der Waals surface area contributed by atoms with E-state index < -0.39 is 6.09 Å². The lowest BCUT2D eigenvalue weighted by atomic mass is 9.93. The molecule has 2 N–H and O–H groups in total. The van der Waals surface area contributed by atoms with E-state index in [0.717, 1.165) is 38.9 Å². The molecule has 0 radical (unpaired) electrons. The summed E-state index contributed by atoms with van der Waals surface area (Å²) in [4.78, 5) is 24.8. The van der Waals surface area contributed by atoms with Crippen molar-refractivity contribution in [1.29, 1.82) is 0 Å². The highest BCUT2D eigenvalue weighted by atomic mass is 35.5. The van der Waals surface area contributed by atoms with Gasteiger partial charge in [-0.15, -0.1) is 0 Å². The molecule has 1 heterocycles. The Morgan fingerprint density at radius 1 is 1.33 bits per heavy atom. The molecule has 8 heteroatoms. The first kappa shape index (κ1) is 21.4. The molecule has 1 fully saturated rings. The van der Waals surface area contributed by atoms with E-state index in [1.165, 1.54) is 13.1 Å². The number of amides is 2. The van der Waals surface area contributed by atoms with Gasteiger partial charge in [0.1, 0.15) is 5.82 Å². The maximum absolute atomic E-state index is 13.8. The van der Waals surface area contributed by atoms with Gasteiger partial charge in [0.05, 0.1) is 0 Å². The minimum atomic E-state index is -0.571. The number of hydrogen-bond acceptors (Lipinski definition) is 4. The number of nitrogens with zero attached hydrogens (tertiary/aromatic N) is 1. The number of carbonyl (C=O) groups excluding carboxylic acids is 2. The van der Waals surface area contributed by atoms with Gasteiger partial charge in [-0.1, -0.05) is 17.7 Å². The van der Waals surface area contributed by atoms with E-state index in [9.17, 15) is 14.0 Å². The summed E-state index contributed by atoms with van der Waals surface area (Å²) in [7, 11) is 1.49. The zero-order valence-electron chi connectivity index (χ0n) is 15.6. The van der Waals surface area contributed by atoms with Crippen molar-refractivity contribution in [1.82, 2.24) is 15.5 Å². The van der Waals surface area contributed by atoms with Gasteiger partial charge in [0, 0.05) is 30.7 Å². The Hall–Kier alpha value is -1.86. The Kier molecular flexibility index (Phi) is 8.81. The van der Waals surface area contributed by atoms with Crippen LogP contribution in [0.1, 0.15) is 24.8 Å². The second-order valence-electron chi connectivity index (χ2n) is 6.70. The normalized spacial score (nSPS) is 15.4. The van der Waals surface area contributed by atoms with Crippen LogP contribution >= 0.6 is 11.6 Å². The molecule has 0 saturated carbocycles. The summed E-state index contributed by atoms with van der Waals surface area (Å²) in [5, 5.41) is 5.54. The van der Waals surface area contributed by atoms with Crippen LogP contribution in [0.5, 0.6) is 0 Å².